The lowest BCUT2D eigenvalue weighted by molar-refractivity contribution is 0.480. The smallest absolute Gasteiger partial charge is 0.141 e. The van der Waals surface area contributed by atoms with Crippen LogP contribution in [0.25, 0.3) is 10.9 Å². The topological polar surface area (TPSA) is 124 Å². The fraction of sp³-hybridized carbons (Fsp3) is 0.188. The van der Waals surface area contributed by atoms with E-state index in [0.717, 1.165) is 0 Å². The first-order valence-corrected chi connectivity index (χ1v) is 7.72. The number of nitrogens with two attached hydrogens (primary N) is 1. The van der Waals surface area contributed by atoms with Gasteiger partial charge in [-0.15, -0.1) is 0 Å². The molecule has 0 atom stereocenters. The molecule has 3 rings (SSSR count). The maximum Gasteiger partial charge on any atom is 0.141 e. The highest BCUT2D eigenvalue weighted by Gasteiger charge is 2.19. The number of benzene rings is 1. The number of halogens is 1. The van der Waals surface area contributed by atoms with Crippen LogP contribution in [0.15, 0.2) is 24.5 Å². The molecule has 8 heteroatoms. The van der Waals surface area contributed by atoms with Crippen LogP contribution in [0.4, 0.5) is 11.6 Å². The maximum absolute atomic E-state index is 9.97. The molecule has 0 spiro atoms. The lowest BCUT2D eigenvalue weighted by Gasteiger charge is -2.14. The zero-order chi connectivity index (χ0) is 17.4. The predicted molar refractivity (Wildman–Crippen MR) is 96.1 cm³/mol. The van der Waals surface area contributed by atoms with Crippen molar-refractivity contribution >= 4 is 39.9 Å². The minimum absolute atomic E-state index is 0.0614. The van der Waals surface area contributed by atoms with Gasteiger partial charge in [-0.05, 0) is 32.0 Å². The number of nitrogen functional groups attached to an aromatic ring is 1. The summed E-state index contributed by atoms with van der Waals surface area (Å²) >= 11 is 6.16. The average Bonchev–Trinajstić information content (AvgIpc) is 2.97. The fourth-order valence-corrected chi connectivity index (χ4v) is 2.68. The number of H-pyrrole nitrogens is 1. The molecule has 124 valence electrons. The molecule has 2 aromatic heterocycles. The number of hydrogen-bond acceptors (Lipinski definition) is 6. The van der Waals surface area contributed by atoms with E-state index < -0.39 is 0 Å². The molecule has 0 fully saturated rings. The molecule has 0 aliphatic rings. The van der Waals surface area contributed by atoms with E-state index in [4.69, 9.17) is 22.7 Å². The monoisotopic (exact) mass is 344 g/mol. The van der Waals surface area contributed by atoms with Gasteiger partial charge in [0.2, 0.25) is 0 Å². The molecule has 3 aromatic rings. The van der Waals surface area contributed by atoms with Gasteiger partial charge in [0.1, 0.15) is 23.7 Å². The molecule has 24 heavy (non-hydrogen) atoms. The number of anilines is 2. The van der Waals surface area contributed by atoms with Crippen LogP contribution in [-0.2, 0) is 0 Å². The fourth-order valence-electron chi connectivity index (χ4n) is 2.47. The molecule has 0 aliphatic carbocycles. The SMILES string of the molecule is CC(C)Nc1ncnc(N)c1C(=N)c1cc2c(Cl)ccc(O)c2[nH]1. The van der Waals surface area contributed by atoms with Crippen molar-refractivity contribution < 1.29 is 5.11 Å². The zero-order valence-electron chi connectivity index (χ0n) is 13.2. The van der Waals surface area contributed by atoms with Crippen molar-refractivity contribution in [3.05, 3.63) is 40.8 Å². The molecule has 6 N–H and O–H groups in total. The van der Waals surface area contributed by atoms with Crippen molar-refractivity contribution in [2.75, 3.05) is 11.1 Å². The van der Waals surface area contributed by atoms with E-state index in [1.165, 1.54) is 12.4 Å². The molecular weight excluding hydrogens is 328 g/mol. The minimum Gasteiger partial charge on any atom is -0.506 e. The predicted octanol–water partition coefficient (Wildman–Crippen LogP) is 3.14. The van der Waals surface area contributed by atoms with Crippen molar-refractivity contribution in [3.63, 3.8) is 0 Å². The van der Waals surface area contributed by atoms with Crippen LogP contribution in [0.2, 0.25) is 5.02 Å². The van der Waals surface area contributed by atoms with Gasteiger partial charge >= 0.3 is 0 Å². The van der Waals surface area contributed by atoms with E-state index in [1.54, 1.807) is 12.1 Å². The first-order chi connectivity index (χ1) is 11.4. The van der Waals surface area contributed by atoms with Crippen LogP contribution in [0, 0.1) is 5.41 Å². The van der Waals surface area contributed by atoms with Crippen LogP contribution in [0.3, 0.4) is 0 Å². The highest BCUT2D eigenvalue weighted by atomic mass is 35.5. The minimum atomic E-state index is 0.0614. The summed E-state index contributed by atoms with van der Waals surface area (Å²) in [5.74, 6) is 0.745. The van der Waals surface area contributed by atoms with E-state index >= 15 is 0 Å². The number of aromatic hydroxyl groups is 1. The number of phenolic OH excluding ortho intramolecular Hbond substituents is 1. The molecule has 0 bridgehead atoms. The summed E-state index contributed by atoms with van der Waals surface area (Å²) in [6.45, 7) is 3.93. The van der Waals surface area contributed by atoms with Crippen LogP contribution in [-0.4, -0.2) is 31.8 Å². The number of rotatable bonds is 4. The van der Waals surface area contributed by atoms with Gasteiger partial charge in [0.25, 0.3) is 0 Å². The number of fused-ring (bicyclic) bond motifs is 1. The van der Waals surface area contributed by atoms with Gasteiger partial charge in [0.15, 0.2) is 0 Å². The standard InChI is InChI=1S/C16H17ClN6O/c1-7(2)22-16-12(15(19)20-6-21-16)13(18)10-5-8-9(17)3-4-11(24)14(8)23-10/h3-7,18,23-24H,1-2H3,(H3,19,20,21,22). The molecule has 0 aliphatic heterocycles. The second kappa shape index (κ2) is 6.01. The summed E-state index contributed by atoms with van der Waals surface area (Å²) in [5.41, 5.74) is 7.41. The Morgan fingerprint density at radius 1 is 1.38 bits per heavy atom. The molecule has 0 saturated heterocycles. The molecule has 0 unspecified atom stereocenters. The Morgan fingerprint density at radius 2 is 2.12 bits per heavy atom. The second-order valence-electron chi connectivity index (χ2n) is 5.69. The lowest BCUT2D eigenvalue weighted by Crippen LogP contribution is -2.18. The molecule has 0 radical (unpaired) electrons. The van der Waals surface area contributed by atoms with Crippen LogP contribution in [0.1, 0.15) is 25.1 Å². The summed E-state index contributed by atoms with van der Waals surface area (Å²) in [6.07, 6.45) is 1.35. The number of aromatic nitrogens is 3. The third-order valence-corrected chi connectivity index (χ3v) is 3.87. The Kier molecular flexibility index (Phi) is 4.02. The van der Waals surface area contributed by atoms with Gasteiger partial charge in [0, 0.05) is 11.4 Å². The summed E-state index contributed by atoms with van der Waals surface area (Å²) in [5, 5.41) is 22.8. The highest BCUT2D eigenvalue weighted by Crippen LogP contribution is 2.32. The van der Waals surface area contributed by atoms with Crippen LogP contribution >= 0.6 is 11.6 Å². The first-order valence-electron chi connectivity index (χ1n) is 7.35. The van der Waals surface area contributed by atoms with Gasteiger partial charge in [-0.2, -0.15) is 0 Å². The Labute approximate surface area is 143 Å². The Bertz CT molecular complexity index is 895. The second-order valence-corrected chi connectivity index (χ2v) is 6.10. The summed E-state index contributed by atoms with van der Waals surface area (Å²) in [7, 11) is 0. The van der Waals surface area contributed by atoms with E-state index in [-0.39, 0.29) is 23.3 Å². The number of nitrogens with zero attached hydrogens (tertiary/aromatic N) is 2. The maximum atomic E-state index is 9.97. The largest absolute Gasteiger partial charge is 0.506 e. The number of nitrogens with one attached hydrogen (secondary N) is 3. The van der Waals surface area contributed by atoms with Gasteiger partial charge in [-0.1, -0.05) is 11.6 Å². The Balaban J connectivity index is 2.13. The molecular formula is C16H17ClN6O. The van der Waals surface area contributed by atoms with Crippen molar-refractivity contribution in [2.24, 2.45) is 0 Å². The van der Waals surface area contributed by atoms with Crippen molar-refractivity contribution in [2.45, 2.75) is 19.9 Å². The third-order valence-electron chi connectivity index (χ3n) is 3.54. The molecule has 2 heterocycles. The summed E-state index contributed by atoms with van der Waals surface area (Å²) in [4.78, 5) is 11.2. The van der Waals surface area contributed by atoms with E-state index in [2.05, 4.69) is 20.3 Å². The van der Waals surface area contributed by atoms with E-state index in [1.807, 2.05) is 13.8 Å². The van der Waals surface area contributed by atoms with Crippen molar-refractivity contribution in [1.82, 2.24) is 15.0 Å². The molecule has 7 nitrogen and oxygen atoms in total. The number of hydrogen-bond donors (Lipinski definition) is 5. The molecule has 0 saturated carbocycles. The van der Waals surface area contributed by atoms with Crippen molar-refractivity contribution in [1.29, 1.82) is 5.41 Å². The quantitative estimate of drug-likeness (QED) is 0.465. The van der Waals surface area contributed by atoms with Crippen LogP contribution in [0.5, 0.6) is 5.75 Å². The average molecular weight is 345 g/mol. The Hall–Kier alpha value is -2.80. The zero-order valence-corrected chi connectivity index (χ0v) is 13.9. The first kappa shape index (κ1) is 16.1. The summed E-state index contributed by atoms with van der Waals surface area (Å²) < 4.78 is 0. The van der Waals surface area contributed by atoms with Crippen LogP contribution < -0.4 is 11.1 Å². The van der Waals surface area contributed by atoms with Gasteiger partial charge in [0.05, 0.1) is 27.5 Å². The van der Waals surface area contributed by atoms with Gasteiger partial charge in [-0.3, -0.25) is 5.41 Å². The van der Waals surface area contributed by atoms with Crippen molar-refractivity contribution in [3.8, 4) is 5.75 Å². The van der Waals surface area contributed by atoms with Gasteiger partial charge < -0.3 is 21.1 Å². The van der Waals surface area contributed by atoms with E-state index in [9.17, 15) is 5.11 Å². The normalized spacial score (nSPS) is 11.2. The lowest BCUT2D eigenvalue weighted by atomic mass is 10.1. The van der Waals surface area contributed by atoms with E-state index in [0.29, 0.717) is 33.0 Å². The molecule has 1 aromatic carbocycles. The number of aromatic amines is 1. The number of phenols is 1. The summed E-state index contributed by atoms with van der Waals surface area (Å²) in [6, 6.07) is 4.92. The van der Waals surface area contributed by atoms with Gasteiger partial charge in [-0.25, -0.2) is 9.97 Å². The Morgan fingerprint density at radius 3 is 2.79 bits per heavy atom. The third kappa shape index (κ3) is 2.74. The molecule has 0 amide bonds. The highest BCUT2D eigenvalue weighted by molar-refractivity contribution is 6.36.